The topological polar surface area (TPSA) is 66.4 Å². The van der Waals surface area contributed by atoms with Gasteiger partial charge in [0, 0.05) is 32.2 Å². The van der Waals surface area contributed by atoms with E-state index in [1.165, 1.54) is 103 Å². The van der Waals surface area contributed by atoms with Gasteiger partial charge in [-0.2, -0.15) is 0 Å². The van der Waals surface area contributed by atoms with Gasteiger partial charge in [-0.25, -0.2) is 0 Å². The van der Waals surface area contributed by atoms with Crippen LogP contribution in [0.5, 0.6) is 0 Å². The molecule has 1 unspecified atom stereocenters. The molecule has 2 N–H and O–H groups in total. The second kappa shape index (κ2) is 24.9. The average Bonchev–Trinajstić information content (AvgIpc) is 2.75. The molecule has 32 heavy (non-hydrogen) atoms. The van der Waals surface area contributed by atoms with Gasteiger partial charge in [-0.3, -0.25) is 9.59 Å². The van der Waals surface area contributed by atoms with Crippen LogP contribution in [0.2, 0.25) is 0 Å². The quantitative estimate of drug-likeness (QED) is 0.135. The van der Waals surface area contributed by atoms with Crippen molar-refractivity contribution < 1.29 is 14.7 Å². The molecule has 0 amide bonds. The Balaban J connectivity index is 3.24. The molecule has 4 heteroatoms. The molecule has 0 heterocycles. The predicted molar refractivity (Wildman–Crippen MR) is 137 cm³/mol. The maximum absolute atomic E-state index is 11.9. The zero-order valence-electron chi connectivity index (χ0n) is 21.6. The third-order valence-electron chi connectivity index (χ3n) is 6.24. The van der Waals surface area contributed by atoms with Crippen molar-refractivity contribution in [1.82, 2.24) is 5.32 Å². The smallest absolute Gasteiger partial charge is 0.136 e. The molecule has 0 aromatic carbocycles. The van der Waals surface area contributed by atoms with Crippen LogP contribution in [-0.2, 0) is 9.59 Å². The Bertz CT molecular complexity index is 425. The molecule has 1 atom stereocenters. The van der Waals surface area contributed by atoms with E-state index in [9.17, 15) is 14.7 Å². The number of carbonyl (C=O) groups is 2. The maximum atomic E-state index is 11.9. The monoisotopic (exact) mass is 453 g/mol. The van der Waals surface area contributed by atoms with Crippen molar-refractivity contribution >= 4 is 11.6 Å². The highest BCUT2D eigenvalue weighted by Gasteiger charge is 2.14. The Kier molecular flexibility index (Phi) is 24.3. The van der Waals surface area contributed by atoms with Gasteiger partial charge in [0.05, 0.1) is 6.10 Å². The van der Waals surface area contributed by atoms with E-state index in [0.717, 1.165) is 13.0 Å². The van der Waals surface area contributed by atoms with Crippen molar-refractivity contribution in [3.8, 4) is 0 Å². The number of hydrogen-bond acceptors (Lipinski definition) is 4. The lowest BCUT2D eigenvalue weighted by molar-refractivity contribution is -0.123. The first-order valence-corrected chi connectivity index (χ1v) is 14.0. The Morgan fingerprint density at radius 1 is 0.562 bits per heavy atom. The lowest BCUT2D eigenvalue weighted by Gasteiger charge is -2.09. The number of Topliss-reactive ketones (excluding diaryl/α,β-unsaturated/α-hetero) is 2. The van der Waals surface area contributed by atoms with Crippen LogP contribution in [0.15, 0.2) is 0 Å². The molecule has 0 aliphatic carbocycles. The number of aliphatic hydroxyl groups excluding tert-OH is 1. The van der Waals surface area contributed by atoms with E-state index in [-0.39, 0.29) is 24.4 Å². The fourth-order valence-electron chi connectivity index (χ4n) is 4.23. The zero-order valence-corrected chi connectivity index (χ0v) is 21.6. The zero-order chi connectivity index (χ0) is 23.7. The highest BCUT2D eigenvalue weighted by Crippen LogP contribution is 2.13. The van der Waals surface area contributed by atoms with Crippen LogP contribution in [-0.4, -0.2) is 35.9 Å². The minimum absolute atomic E-state index is 0.0428. The maximum Gasteiger partial charge on any atom is 0.136 e. The number of ketones is 2. The molecule has 0 saturated heterocycles. The summed E-state index contributed by atoms with van der Waals surface area (Å²) in [5.74, 6) is 0.0932. The summed E-state index contributed by atoms with van der Waals surface area (Å²) in [6.07, 6.45) is 23.2. The minimum Gasteiger partial charge on any atom is -0.392 e. The summed E-state index contributed by atoms with van der Waals surface area (Å²) < 4.78 is 0. The van der Waals surface area contributed by atoms with E-state index in [4.69, 9.17) is 0 Å². The molecule has 0 aliphatic heterocycles. The number of rotatable bonds is 26. The van der Waals surface area contributed by atoms with Gasteiger partial charge in [0.2, 0.25) is 0 Å². The molecule has 0 saturated carbocycles. The number of unbranched alkanes of at least 4 members (excludes halogenated alkanes) is 15. The van der Waals surface area contributed by atoms with Gasteiger partial charge in [0.15, 0.2) is 0 Å². The van der Waals surface area contributed by atoms with Crippen LogP contribution in [0.3, 0.4) is 0 Å². The third kappa shape index (κ3) is 23.9. The molecule has 0 fully saturated rings. The Morgan fingerprint density at radius 3 is 1.41 bits per heavy atom. The van der Waals surface area contributed by atoms with E-state index in [1.807, 2.05) is 6.92 Å². The molecular formula is C28H55NO3. The van der Waals surface area contributed by atoms with E-state index < -0.39 is 6.10 Å². The summed E-state index contributed by atoms with van der Waals surface area (Å²) in [5, 5.41) is 13.1. The molecule has 0 bridgehead atoms. The second-order valence-electron chi connectivity index (χ2n) is 9.69. The van der Waals surface area contributed by atoms with E-state index in [0.29, 0.717) is 19.4 Å². The van der Waals surface area contributed by atoms with Crippen LogP contribution in [0.25, 0.3) is 0 Å². The van der Waals surface area contributed by atoms with Gasteiger partial charge in [0.1, 0.15) is 11.6 Å². The Morgan fingerprint density at radius 2 is 0.969 bits per heavy atom. The number of aliphatic hydroxyl groups is 1. The first kappa shape index (κ1) is 31.3. The molecule has 0 aromatic heterocycles. The van der Waals surface area contributed by atoms with Crippen molar-refractivity contribution in [2.75, 3.05) is 13.1 Å². The van der Waals surface area contributed by atoms with Crippen LogP contribution < -0.4 is 5.32 Å². The lowest BCUT2D eigenvalue weighted by atomic mass is 10.0. The van der Waals surface area contributed by atoms with Crippen LogP contribution in [0.1, 0.15) is 149 Å². The fraction of sp³-hybridized carbons (Fsp3) is 0.929. The number of hydrogen-bond donors (Lipinski definition) is 2. The molecule has 0 aliphatic rings. The average molecular weight is 454 g/mol. The molecule has 0 rings (SSSR count). The molecule has 190 valence electrons. The largest absolute Gasteiger partial charge is 0.392 e. The first-order valence-electron chi connectivity index (χ1n) is 14.0. The number of nitrogens with one attached hydrogen (secondary N) is 1. The summed E-state index contributed by atoms with van der Waals surface area (Å²) in [6.45, 7) is 5.86. The van der Waals surface area contributed by atoms with Crippen molar-refractivity contribution in [3.05, 3.63) is 0 Å². The second-order valence-corrected chi connectivity index (χ2v) is 9.69. The lowest BCUT2D eigenvalue weighted by Crippen LogP contribution is -2.22. The van der Waals surface area contributed by atoms with Crippen LogP contribution in [0, 0.1) is 0 Å². The van der Waals surface area contributed by atoms with Crippen molar-refractivity contribution in [3.63, 3.8) is 0 Å². The highest BCUT2D eigenvalue weighted by atomic mass is 16.3. The van der Waals surface area contributed by atoms with E-state index >= 15 is 0 Å². The molecule has 0 spiro atoms. The Labute approximate surface area is 199 Å². The van der Waals surface area contributed by atoms with Gasteiger partial charge in [-0.05, 0) is 19.4 Å². The van der Waals surface area contributed by atoms with Crippen molar-refractivity contribution in [2.45, 2.75) is 155 Å². The summed E-state index contributed by atoms with van der Waals surface area (Å²) in [4.78, 5) is 23.4. The normalized spacial score (nSPS) is 12.2. The molecular weight excluding hydrogens is 398 g/mol. The molecule has 0 radical (unpaired) electrons. The summed E-state index contributed by atoms with van der Waals surface area (Å²) in [7, 11) is 0. The fourth-order valence-corrected chi connectivity index (χ4v) is 4.23. The molecule has 0 aromatic rings. The molecule has 4 nitrogen and oxygen atoms in total. The van der Waals surface area contributed by atoms with Gasteiger partial charge in [-0.15, -0.1) is 0 Å². The van der Waals surface area contributed by atoms with Gasteiger partial charge >= 0.3 is 0 Å². The third-order valence-corrected chi connectivity index (χ3v) is 6.24. The SMILES string of the molecule is CCCCCCCCCCCCCCCCCCNCCC(=O)CC(O)CC(=O)CCC. The van der Waals surface area contributed by atoms with Crippen LogP contribution in [0.4, 0.5) is 0 Å². The van der Waals surface area contributed by atoms with Gasteiger partial charge < -0.3 is 10.4 Å². The minimum atomic E-state index is -0.804. The van der Waals surface area contributed by atoms with Crippen molar-refractivity contribution in [1.29, 1.82) is 0 Å². The summed E-state index contributed by atoms with van der Waals surface area (Å²) in [6, 6.07) is 0. The Hall–Kier alpha value is -0.740. The van der Waals surface area contributed by atoms with Gasteiger partial charge in [0.25, 0.3) is 0 Å². The highest BCUT2D eigenvalue weighted by molar-refractivity contribution is 5.82. The summed E-state index contributed by atoms with van der Waals surface area (Å²) >= 11 is 0. The predicted octanol–water partition coefficient (Wildman–Crippen LogP) is 7.31. The van der Waals surface area contributed by atoms with Crippen molar-refractivity contribution in [2.24, 2.45) is 0 Å². The number of carbonyl (C=O) groups excluding carboxylic acids is 2. The van der Waals surface area contributed by atoms with E-state index in [2.05, 4.69) is 12.2 Å². The van der Waals surface area contributed by atoms with E-state index in [1.54, 1.807) is 0 Å². The summed E-state index contributed by atoms with van der Waals surface area (Å²) in [5.41, 5.74) is 0. The van der Waals surface area contributed by atoms with Crippen LogP contribution >= 0.6 is 0 Å². The van der Waals surface area contributed by atoms with Gasteiger partial charge in [-0.1, -0.05) is 110 Å². The standard InChI is InChI=1S/C28H55NO3/c1-3-5-6-7-8-9-10-11-12-13-14-15-16-17-18-19-22-29-23-21-27(31)25-28(32)24-26(30)20-4-2/h28-29,32H,3-25H2,1-2H3. The first-order chi connectivity index (χ1) is 15.6.